The normalized spacial score (nSPS) is 12.7. The summed E-state index contributed by atoms with van der Waals surface area (Å²) in [4.78, 5) is 23.1. The van der Waals surface area contributed by atoms with Gasteiger partial charge in [-0.2, -0.15) is 0 Å². The van der Waals surface area contributed by atoms with Crippen molar-refractivity contribution in [2.24, 2.45) is 5.41 Å². The lowest BCUT2D eigenvalue weighted by molar-refractivity contribution is -0.130. The van der Waals surface area contributed by atoms with E-state index in [9.17, 15) is 9.59 Å². The highest BCUT2D eigenvalue weighted by Gasteiger charge is 2.32. The van der Waals surface area contributed by atoms with Crippen LogP contribution in [0, 0.1) is 5.41 Å². The first kappa shape index (κ1) is 20.1. The van der Waals surface area contributed by atoms with Gasteiger partial charge in [-0.3, -0.25) is 5.43 Å². The van der Waals surface area contributed by atoms with Crippen molar-refractivity contribution in [1.82, 2.24) is 10.9 Å². The molecule has 0 fully saturated rings. The minimum Gasteiger partial charge on any atom is -0.444 e. The summed E-state index contributed by atoms with van der Waals surface area (Å²) in [6.45, 7) is 3.90. The molecule has 0 aromatic heterocycles. The molecule has 0 aliphatic heterocycles. The molecule has 0 spiro atoms. The minimum atomic E-state index is -0.656. The second-order valence-corrected chi connectivity index (χ2v) is 6.04. The molecule has 7 nitrogen and oxygen atoms in total. The Morgan fingerprint density at radius 2 is 1.83 bits per heavy atom. The van der Waals surface area contributed by atoms with Gasteiger partial charge in [-0.25, -0.2) is 10.2 Å². The molecule has 2 N–H and O–H groups in total. The van der Waals surface area contributed by atoms with Crippen LogP contribution < -0.4 is 10.9 Å². The van der Waals surface area contributed by atoms with Crippen LogP contribution >= 0.6 is 0 Å². The standard InChI is InChI=1S/C17H26N2O5/c1-17(2,10-15(22-3)23-4)14(11-20)18-19-16(21)24-12-13-8-6-5-7-9-13/h5-9,11,14-15,18H,10,12H2,1-4H3,(H,19,21). The summed E-state index contributed by atoms with van der Waals surface area (Å²) >= 11 is 0. The van der Waals surface area contributed by atoms with E-state index in [-0.39, 0.29) is 6.61 Å². The third-order valence-electron chi connectivity index (χ3n) is 3.74. The minimum absolute atomic E-state index is 0.152. The van der Waals surface area contributed by atoms with E-state index >= 15 is 0 Å². The summed E-state index contributed by atoms with van der Waals surface area (Å²) in [5, 5.41) is 0. The van der Waals surface area contributed by atoms with Crippen LogP contribution in [0.3, 0.4) is 0 Å². The topological polar surface area (TPSA) is 85.9 Å². The van der Waals surface area contributed by atoms with Crippen molar-refractivity contribution in [3.63, 3.8) is 0 Å². The Labute approximate surface area is 142 Å². The van der Waals surface area contributed by atoms with Crippen molar-refractivity contribution in [3.05, 3.63) is 35.9 Å². The fraction of sp³-hybridized carbons (Fsp3) is 0.529. The summed E-state index contributed by atoms with van der Waals surface area (Å²) in [6, 6.07) is 8.69. The van der Waals surface area contributed by atoms with E-state index < -0.39 is 23.8 Å². The van der Waals surface area contributed by atoms with Gasteiger partial charge in [0.15, 0.2) is 6.29 Å². The molecule has 134 valence electrons. The molecule has 1 aromatic rings. The third-order valence-corrected chi connectivity index (χ3v) is 3.74. The summed E-state index contributed by atoms with van der Waals surface area (Å²) < 4.78 is 15.4. The average Bonchev–Trinajstić information content (AvgIpc) is 2.59. The van der Waals surface area contributed by atoms with Crippen LogP contribution in [-0.4, -0.2) is 38.9 Å². The van der Waals surface area contributed by atoms with E-state index in [2.05, 4.69) is 10.9 Å². The number of methoxy groups -OCH3 is 2. The van der Waals surface area contributed by atoms with Gasteiger partial charge in [-0.05, 0) is 11.0 Å². The number of hydrogen-bond donors (Lipinski definition) is 2. The van der Waals surface area contributed by atoms with Gasteiger partial charge in [0.2, 0.25) is 0 Å². The number of carbonyl (C=O) groups is 2. The molecule has 24 heavy (non-hydrogen) atoms. The van der Waals surface area contributed by atoms with Crippen LogP contribution in [0.15, 0.2) is 30.3 Å². The number of ether oxygens (including phenoxy) is 3. The molecular weight excluding hydrogens is 312 g/mol. The molecular formula is C17H26N2O5. The van der Waals surface area contributed by atoms with Crippen molar-refractivity contribution in [2.75, 3.05) is 14.2 Å². The van der Waals surface area contributed by atoms with Gasteiger partial charge in [0.25, 0.3) is 0 Å². The molecule has 1 atom stereocenters. The van der Waals surface area contributed by atoms with E-state index in [0.717, 1.165) is 11.8 Å². The number of aldehydes is 1. The molecule has 0 aliphatic carbocycles. The van der Waals surface area contributed by atoms with Gasteiger partial charge in [0.1, 0.15) is 12.9 Å². The third kappa shape index (κ3) is 6.66. The zero-order chi connectivity index (χ0) is 18.0. The fourth-order valence-corrected chi connectivity index (χ4v) is 2.13. The summed E-state index contributed by atoms with van der Waals surface area (Å²) in [7, 11) is 3.07. The first-order chi connectivity index (χ1) is 11.4. The van der Waals surface area contributed by atoms with Crippen LogP contribution in [0.4, 0.5) is 4.79 Å². The SMILES string of the molecule is COC(CC(C)(C)C(C=O)NNC(=O)OCc1ccccc1)OC. The molecule has 1 aromatic carbocycles. The van der Waals surface area contributed by atoms with Crippen molar-refractivity contribution >= 4 is 12.4 Å². The summed E-state index contributed by atoms with van der Waals surface area (Å²) in [6.07, 6.45) is 0.114. The van der Waals surface area contributed by atoms with Crippen molar-refractivity contribution in [3.8, 4) is 0 Å². The van der Waals surface area contributed by atoms with Crippen molar-refractivity contribution in [2.45, 2.75) is 39.2 Å². The summed E-state index contributed by atoms with van der Waals surface area (Å²) in [5.74, 6) is 0. The maximum absolute atomic E-state index is 11.7. The lowest BCUT2D eigenvalue weighted by atomic mass is 9.82. The van der Waals surface area contributed by atoms with Gasteiger partial charge in [0.05, 0.1) is 6.04 Å². The highest BCUT2D eigenvalue weighted by molar-refractivity contribution is 5.67. The molecule has 0 heterocycles. The highest BCUT2D eigenvalue weighted by Crippen LogP contribution is 2.27. The molecule has 0 saturated heterocycles. The first-order valence-electron chi connectivity index (χ1n) is 7.66. The smallest absolute Gasteiger partial charge is 0.421 e. The molecule has 0 radical (unpaired) electrons. The molecule has 0 saturated carbocycles. The number of rotatable bonds is 10. The Bertz CT molecular complexity index is 503. The Hall–Kier alpha value is -1.96. The molecule has 1 rings (SSSR count). The Kier molecular flexibility index (Phi) is 8.39. The first-order valence-corrected chi connectivity index (χ1v) is 7.66. The second kappa shape index (κ2) is 10.0. The highest BCUT2D eigenvalue weighted by atomic mass is 16.7. The van der Waals surface area contributed by atoms with Crippen LogP contribution in [0.1, 0.15) is 25.8 Å². The molecule has 7 heteroatoms. The fourth-order valence-electron chi connectivity index (χ4n) is 2.13. The van der Waals surface area contributed by atoms with E-state index in [0.29, 0.717) is 6.42 Å². The van der Waals surface area contributed by atoms with Crippen LogP contribution in [-0.2, 0) is 25.6 Å². The molecule has 1 amide bonds. The van der Waals surface area contributed by atoms with Gasteiger partial charge < -0.3 is 19.0 Å². The van der Waals surface area contributed by atoms with E-state index in [1.54, 1.807) is 0 Å². The van der Waals surface area contributed by atoms with Crippen LogP contribution in [0.5, 0.6) is 0 Å². The number of carbonyl (C=O) groups excluding carboxylic acids is 2. The number of hydrogen-bond acceptors (Lipinski definition) is 6. The maximum Gasteiger partial charge on any atom is 0.421 e. The number of hydrazine groups is 1. The van der Waals surface area contributed by atoms with Crippen molar-refractivity contribution in [1.29, 1.82) is 0 Å². The lowest BCUT2D eigenvalue weighted by Crippen LogP contribution is -2.52. The van der Waals surface area contributed by atoms with Gasteiger partial charge in [0, 0.05) is 20.6 Å². The lowest BCUT2D eigenvalue weighted by Gasteiger charge is -2.33. The van der Waals surface area contributed by atoms with E-state index in [1.165, 1.54) is 14.2 Å². The Balaban J connectivity index is 2.46. The van der Waals surface area contributed by atoms with Gasteiger partial charge in [-0.15, -0.1) is 0 Å². The quantitative estimate of drug-likeness (QED) is 0.386. The largest absolute Gasteiger partial charge is 0.444 e. The zero-order valence-corrected chi connectivity index (χ0v) is 14.6. The number of nitrogens with one attached hydrogen (secondary N) is 2. The predicted octanol–water partition coefficient (Wildman–Crippen LogP) is 2.02. The monoisotopic (exact) mass is 338 g/mol. The van der Waals surface area contributed by atoms with Crippen molar-refractivity contribution < 1.29 is 23.8 Å². The zero-order valence-electron chi connectivity index (χ0n) is 14.6. The Morgan fingerprint density at radius 3 is 2.38 bits per heavy atom. The predicted molar refractivity (Wildman–Crippen MR) is 89.0 cm³/mol. The molecule has 0 aliphatic rings. The van der Waals surface area contributed by atoms with Gasteiger partial charge >= 0.3 is 6.09 Å². The van der Waals surface area contributed by atoms with Gasteiger partial charge in [-0.1, -0.05) is 44.2 Å². The summed E-state index contributed by atoms with van der Waals surface area (Å²) in [5.41, 5.74) is 5.46. The maximum atomic E-state index is 11.7. The van der Waals surface area contributed by atoms with E-state index in [4.69, 9.17) is 14.2 Å². The van der Waals surface area contributed by atoms with Crippen LogP contribution in [0.2, 0.25) is 0 Å². The molecule has 0 bridgehead atoms. The Morgan fingerprint density at radius 1 is 1.21 bits per heavy atom. The average molecular weight is 338 g/mol. The number of benzene rings is 1. The molecule has 1 unspecified atom stereocenters. The number of amides is 1. The van der Waals surface area contributed by atoms with Crippen LogP contribution in [0.25, 0.3) is 0 Å². The van der Waals surface area contributed by atoms with E-state index in [1.807, 2.05) is 44.2 Å². The second-order valence-electron chi connectivity index (χ2n) is 6.04.